The predicted molar refractivity (Wildman–Crippen MR) is 121 cm³/mol. The number of carbonyl (C=O) groups excluding carboxylic acids is 1. The summed E-state index contributed by atoms with van der Waals surface area (Å²) < 4.78 is 7.27. The van der Waals surface area contributed by atoms with Crippen molar-refractivity contribution in [1.29, 1.82) is 0 Å². The molecule has 1 atom stereocenters. The van der Waals surface area contributed by atoms with E-state index in [4.69, 9.17) is 56.1 Å². The number of carbonyl (C=O) groups is 1. The van der Waals surface area contributed by atoms with Crippen molar-refractivity contribution >= 4 is 63.3 Å². The van der Waals surface area contributed by atoms with Crippen molar-refractivity contribution in [1.82, 2.24) is 14.5 Å². The lowest BCUT2D eigenvalue weighted by Gasteiger charge is -2.30. The molecule has 4 rings (SSSR count). The summed E-state index contributed by atoms with van der Waals surface area (Å²) in [7, 11) is 0. The van der Waals surface area contributed by atoms with Crippen LogP contribution in [0.15, 0.2) is 30.3 Å². The molecule has 158 valence electrons. The molecule has 0 radical (unpaired) electrons. The van der Waals surface area contributed by atoms with E-state index in [1.807, 2.05) is 16.4 Å². The highest BCUT2D eigenvalue weighted by atomic mass is 35.5. The molecule has 0 aliphatic carbocycles. The van der Waals surface area contributed by atoms with Gasteiger partial charge in [-0.05, 0) is 36.8 Å². The number of amides is 1. The first-order valence-electron chi connectivity index (χ1n) is 9.52. The van der Waals surface area contributed by atoms with Crippen LogP contribution in [-0.4, -0.2) is 46.7 Å². The molecule has 9 heteroatoms. The maximum absolute atomic E-state index is 13.2. The Bertz CT molecular complexity index is 1090. The van der Waals surface area contributed by atoms with E-state index < -0.39 is 6.04 Å². The molecule has 1 aromatic heterocycles. The molecular weight excluding hydrogens is 468 g/mol. The van der Waals surface area contributed by atoms with Gasteiger partial charge in [-0.1, -0.05) is 52.5 Å². The number of imidazole rings is 1. The van der Waals surface area contributed by atoms with Crippen molar-refractivity contribution in [2.24, 2.45) is 0 Å². The van der Waals surface area contributed by atoms with Crippen LogP contribution in [0.3, 0.4) is 0 Å². The second-order valence-electron chi connectivity index (χ2n) is 7.14. The molecule has 0 spiro atoms. The Kier molecular flexibility index (Phi) is 6.47. The number of fused-ring (bicyclic) bond motifs is 1. The Hall–Kier alpha value is -1.50. The minimum Gasteiger partial charge on any atom is -0.378 e. The van der Waals surface area contributed by atoms with Crippen LogP contribution in [0.2, 0.25) is 20.1 Å². The van der Waals surface area contributed by atoms with Crippen LogP contribution in [-0.2, 0) is 16.0 Å². The Morgan fingerprint density at radius 1 is 1.07 bits per heavy atom. The topological polar surface area (TPSA) is 47.4 Å². The Morgan fingerprint density at radius 2 is 1.70 bits per heavy atom. The number of morpholine rings is 1. The Morgan fingerprint density at radius 3 is 2.37 bits per heavy atom. The molecule has 0 saturated carbocycles. The summed E-state index contributed by atoms with van der Waals surface area (Å²) in [5.74, 6) is 0.655. The van der Waals surface area contributed by atoms with E-state index in [1.54, 1.807) is 30.3 Å². The monoisotopic (exact) mass is 485 g/mol. The van der Waals surface area contributed by atoms with Gasteiger partial charge in [-0.25, -0.2) is 4.98 Å². The highest BCUT2D eigenvalue weighted by molar-refractivity contribution is 6.42. The zero-order chi connectivity index (χ0) is 21.4. The summed E-state index contributed by atoms with van der Waals surface area (Å²) >= 11 is 25.3. The molecule has 1 aliphatic heterocycles. The van der Waals surface area contributed by atoms with Crippen LogP contribution in [0.5, 0.6) is 0 Å². The molecule has 1 saturated heterocycles. The number of halogens is 4. The lowest BCUT2D eigenvalue weighted by molar-refractivity contribution is -0.138. The average Bonchev–Trinajstić information content (AvgIpc) is 3.07. The fourth-order valence-corrected chi connectivity index (χ4v) is 4.56. The lowest BCUT2D eigenvalue weighted by atomic mass is 10.1. The Labute approximate surface area is 194 Å². The first kappa shape index (κ1) is 21.7. The summed E-state index contributed by atoms with van der Waals surface area (Å²) in [6, 6.07) is 8.31. The number of aromatic nitrogens is 2. The predicted octanol–water partition coefficient (Wildman–Crippen LogP) is 5.66. The van der Waals surface area contributed by atoms with E-state index in [9.17, 15) is 4.79 Å². The standard InChI is InChI=1S/C21H19Cl4N3O2/c1-12(21(29)27-5-7-30-8-6-27)28-19-11-17(25)16(24)10-18(19)26-20(28)9-13-14(22)3-2-4-15(13)23/h2-4,10-12H,5-9H2,1H3/t12-/m0/s1. The van der Waals surface area contributed by atoms with Crippen LogP contribution in [0.1, 0.15) is 24.4 Å². The molecule has 1 amide bonds. The molecular formula is C21H19Cl4N3O2. The zero-order valence-corrected chi connectivity index (χ0v) is 19.2. The molecule has 0 bridgehead atoms. The summed E-state index contributed by atoms with van der Waals surface area (Å²) in [5.41, 5.74) is 2.14. The van der Waals surface area contributed by atoms with Gasteiger partial charge < -0.3 is 14.2 Å². The van der Waals surface area contributed by atoms with Crippen molar-refractivity contribution in [3.05, 3.63) is 61.8 Å². The molecule has 0 N–H and O–H groups in total. The van der Waals surface area contributed by atoms with Crippen LogP contribution >= 0.6 is 46.4 Å². The van der Waals surface area contributed by atoms with E-state index >= 15 is 0 Å². The van der Waals surface area contributed by atoms with Gasteiger partial charge in [-0.2, -0.15) is 0 Å². The van der Waals surface area contributed by atoms with Crippen LogP contribution in [0.25, 0.3) is 11.0 Å². The van der Waals surface area contributed by atoms with Gasteiger partial charge in [-0.3, -0.25) is 4.79 Å². The third-order valence-corrected chi connectivity index (χ3v) is 6.70. The number of rotatable bonds is 4. The molecule has 2 aromatic carbocycles. The van der Waals surface area contributed by atoms with E-state index in [-0.39, 0.29) is 5.91 Å². The zero-order valence-electron chi connectivity index (χ0n) is 16.2. The van der Waals surface area contributed by atoms with Crippen LogP contribution in [0, 0.1) is 0 Å². The van der Waals surface area contributed by atoms with Gasteiger partial charge in [0, 0.05) is 29.6 Å². The van der Waals surface area contributed by atoms with Crippen molar-refractivity contribution in [2.75, 3.05) is 26.3 Å². The summed E-state index contributed by atoms with van der Waals surface area (Å²) in [6.45, 7) is 4.06. The van der Waals surface area contributed by atoms with E-state index in [0.29, 0.717) is 64.2 Å². The van der Waals surface area contributed by atoms with Gasteiger partial charge >= 0.3 is 0 Å². The quantitative estimate of drug-likeness (QED) is 0.478. The second kappa shape index (κ2) is 8.93. The largest absolute Gasteiger partial charge is 0.378 e. The van der Waals surface area contributed by atoms with Gasteiger partial charge in [0.1, 0.15) is 11.9 Å². The van der Waals surface area contributed by atoms with Gasteiger partial charge in [0.25, 0.3) is 0 Å². The van der Waals surface area contributed by atoms with Crippen molar-refractivity contribution < 1.29 is 9.53 Å². The molecule has 30 heavy (non-hydrogen) atoms. The number of hydrogen-bond donors (Lipinski definition) is 0. The van der Waals surface area contributed by atoms with Gasteiger partial charge in [-0.15, -0.1) is 0 Å². The minimum atomic E-state index is -0.499. The summed E-state index contributed by atoms with van der Waals surface area (Å²) in [5, 5.41) is 1.90. The number of benzene rings is 2. The molecule has 1 fully saturated rings. The Balaban J connectivity index is 1.82. The SMILES string of the molecule is C[C@@H](C(=O)N1CCOCC1)n1c(Cc2c(Cl)cccc2Cl)nc2cc(Cl)c(Cl)cc21. The normalized spacial score (nSPS) is 15.6. The molecule has 0 unspecified atom stereocenters. The summed E-state index contributed by atoms with van der Waals surface area (Å²) in [6.07, 6.45) is 0.364. The number of nitrogens with zero attached hydrogens (tertiary/aromatic N) is 3. The van der Waals surface area contributed by atoms with E-state index in [0.717, 1.165) is 11.1 Å². The highest BCUT2D eigenvalue weighted by Gasteiger charge is 2.28. The third kappa shape index (κ3) is 4.14. The van der Waals surface area contributed by atoms with E-state index in [2.05, 4.69) is 0 Å². The van der Waals surface area contributed by atoms with Crippen LogP contribution in [0.4, 0.5) is 0 Å². The minimum absolute atomic E-state index is 0.00446. The smallest absolute Gasteiger partial charge is 0.245 e. The second-order valence-corrected chi connectivity index (χ2v) is 8.77. The molecule has 3 aromatic rings. The lowest BCUT2D eigenvalue weighted by Crippen LogP contribution is -2.43. The van der Waals surface area contributed by atoms with Crippen LogP contribution < -0.4 is 0 Å². The van der Waals surface area contributed by atoms with Gasteiger partial charge in [0.15, 0.2) is 0 Å². The fraction of sp³-hybridized carbons (Fsp3) is 0.333. The third-order valence-electron chi connectivity index (χ3n) is 5.27. The first-order valence-corrected chi connectivity index (χ1v) is 11.0. The number of ether oxygens (including phenoxy) is 1. The first-order chi connectivity index (χ1) is 14.4. The van der Waals surface area contributed by atoms with Gasteiger partial charge in [0.05, 0.1) is 34.3 Å². The highest BCUT2D eigenvalue weighted by Crippen LogP contribution is 2.33. The average molecular weight is 487 g/mol. The van der Waals surface area contributed by atoms with Crippen molar-refractivity contribution in [3.8, 4) is 0 Å². The fourth-order valence-electron chi connectivity index (χ4n) is 3.71. The number of hydrogen-bond acceptors (Lipinski definition) is 3. The van der Waals surface area contributed by atoms with E-state index in [1.165, 1.54) is 0 Å². The maximum atomic E-state index is 13.2. The van der Waals surface area contributed by atoms with Crippen molar-refractivity contribution in [2.45, 2.75) is 19.4 Å². The molecule has 5 nitrogen and oxygen atoms in total. The van der Waals surface area contributed by atoms with Gasteiger partial charge in [0.2, 0.25) is 5.91 Å². The molecule has 2 heterocycles. The molecule has 1 aliphatic rings. The summed E-state index contributed by atoms with van der Waals surface area (Å²) in [4.78, 5) is 19.8. The van der Waals surface area contributed by atoms with Crippen molar-refractivity contribution in [3.63, 3.8) is 0 Å². The maximum Gasteiger partial charge on any atom is 0.245 e.